The Morgan fingerprint density at radius 2 is 1.68 bits per heavy atom. The lowest BCUT2D eigenvalue weighted by Crippen LogP contribution is -2.07. The van der Waals surface area contributed by atoms with Crippen molar-refractivity contribution in [2.24, 2.45) is 5.10 Å². The molecular formula is C18H13ClN4O2. The van der Waals surface area contributed by atoms with Crippen LogP contribution in [0.2, 0.25) is 5.02 Å². The maximum Gasteiger partial charge on any atom is 0.287 e. The van der Waals surface area contributed by atoms with Crippen LogP contribution in [0.4, 0.5) is 11.5 Å². The maximum absolute atomic E-state index is 10.7. The normalized spacial score (nSPS) is 11.2. The van der Waals surface area contributed by atoms with Crippen LogP contribution in [-0.4, -0.2) is 15.6 Å². The summed E-state index contributed by atoms with van der Waals surface area (Å²) in [6.45, 7) is 0. The SMILES string of the molecule is O=[N+]([O-])c1ccc(N/N=C(/c2ccccc2)c2ccc(Cl)cc2)nc1. The molecule has 3 aromatic rings. The first-order chi connectivity index (χ1) is 12.1. The van der Waals surface area contributed by atoms with Gasteiger partial charge in [-0.1, -0.05) is 54.1 Å². The van der Waals surface area contributed by atoms with Gasteiger partial charge in [0.25, 0.3) is 5.69 Å². The van der Waals surface area contributed by atoms with Crippen LogP contribution in [0.1, 0.15) is 11.1 Å². The minimum absolute atomic E-state index is 0.0736. The monoisotopic (exact) mass is 352 g/mol. The van der Waals surface area contributed by atoms with Gasteiger partial charge in [-0.15, -0.1) is 0 Å². The zero-order valence-corrected chi connectivity index (χ0v) is 13.7. The number of rotatable bonds is 5. The minimum Gasteiger partial charge on any atom is -0.261 e. The highest BCUT2D eigenvalue weighted by molar-refractivity contribution is 6.30. The summed E-state index contributed by atoms with van der Waals surface area (Å²) < 4.78 is 0. The summed E-state index contributed by atoms with van der Waals surface area (Å²) in [6, 6.07) is 19.9. The standard InChI is InChI=1S/C18H13ClN4O2/c19-15-8-6-14(7-9-15)18(13-4-2-1-3-5-13)22-21-17-11-10-16(12-20-17)23(24)25/h1-12H,(H,20,21)/b22-18-. The topological polar surface area (TPSA) is 80.4 Å². The van der Waals surface area contributed by atoms with E-state index in [-0.39, 0.29) is 5.69 Å². The van der Waals surface area contributed by atoms with Crippen molar-refractivity contribution in [3.8, 4) is 0 Å². The van der Waals surface area contributed by atoms with Crippen LogP contribution < -0.4 is 5.43 Å². The molecule has 0 aliphatic heterocycles. The minimum atomic E-state index is -0.497. The molecule has 0 saturated carbocycles. The average Bonchev–Trinajstić information content (AvgIpc) is 2.64. The summed E-state index contributed by atoms with van der Waals surface area (Å²) in [7, 11) is 0. The molecule has 7 heteroatoms. The van der Waals surface area contributed by atoms with Crippen LogP contribution >= 0.6 is 11.6 Å². The number of nitrogens with one attached hydrogen (secondary N) is 1. The second kappa shape index (κ2) is 7.55. The van der Waals surface area contributed by atoms with Gasteiger partial charge in [0.15, 0.2) is 0 Å². The van der Waals surface area contributed by atoms with Crippen molar-refractivity contribution in [3.63, 3.8) is 0 Å². The van der Waals surface area contributed by atoms with Crippen molar-refractivity contribution in [1.29, 1.82) is 0 Å². The third-order valence-electron chi connectivity index (χ3n) is 3.41. The number of pyridine rings is 1. The van der Waals surface area contributed by atoms with Gasteiger partial charge in [0.1, 0.15) is 12.0 Å². The van der Waals surface area contributed by atoms with Gasteiger partial charge in [-0.2, -0.15) is 5.10 Å². The Morgan fingerprint density at radius 3 is 2.28 bits per heavy atom. The molecule has 0 unspecified atom stereocenters. The molecule has 1 aromatic heterocycles. The maximum atomic E-state index is 10.7. The van der Waals surface area contributed by atoms with Crippen LogP contribution in [0, 0.1) is 10.1 Å². The molecule has 0 atom stereocenters. The summed E-state index contributed by atoms with van der Waals surface area (Å²) in [6.07, 6.45) is 1.18. The first-order valence-corrected chi connectivity index (χ1v) is 7.77. The molecule has 3 rings (SSSR count). The van der Waals surface area contributed by atoms with Crippen LogP contribution in [-0.2, 0) is 0 Å². The van der Waals surface area contributed by atoms with Gasteiger partial charge in [0, 0.05) is 22.2 Å². The van der Waals surface area contributed by atoms with Crippen LogP contribution in [0.15, 0.2) is 78.0 Å². The van der Waals surface area contributed by atoms with Crippen LogP contribution in [0.5, 0.6) is 0 Å². The molecule has 0 saturated heterocycles. The van der Waals surface area contributed by atoms with Gasteiger partial charge in [-0.25, -0.2) is 4.98 Å². The lowest BCUT2D eigenvalue weighted by molar-refractivity contribution is -0.385. The second-order valence-corrected chi connectivity index (χ2v) is 5.54. The molecule has 0 bridgehead atoms. The van der Waals surface area contributed by atoms with E-state index in [0.29, 0.717) is 16.6 Å². The number of aromatic nitrogens is 1. The number of nitro groups is 1. The van der Waals surface area contributed by atoms with Crippen molar-refractivity contribution in [3.05, 3.63) is 99.2 Å². The Morgan fingerprint density at radius 1 is 1.00 bits per heavy atom. The first-order valence-electron chi connectivity index (χ1n) is 7.39. The number of hydrazone groups is 1. The van der Waals surface area contributed by atoms with Crippen LogP contribution in [0.25, 0.3) is 0 Å². The molecule has 25 heavy (non-hydrogen) atoms. The summed E-state index contributed by atoms with van der Waals surface area (Å²) in [5.41, 5.74) is 5.27. The third kappa shape index (κ3) is 4.19. The van der Waals surface area contributed by atoms with E-state index in [1.54, 1.807) is 12.1 Å². The van der Waals surface area contributed by atoms with Gasteiger partial charge in [-0.3, -0.25) is 15.5 Å². The van der Waals surface area contributed by atoms with Crippen molar-refractivity contribution in [2.75, 3.05) is 5.43 Å². The van der Waals surface area contributed by atoms with E-state index >= 15 is 0 Å². The number of halogens is 1. The fourth-order valence-electron chi connectivity index (χ4n) is 2.17. The quantitative estimate of drug-likeness (QED) is 0.416. The molecule has 0 radical (unpaired) electrons. The fourth-order valence-corrected chi connectivity index (χ4v) is 2.30. The van der Waals surface area contributed by atoms with Gasteiger partial charge in [0.05, 0.1) is 10.6 Å². The highest BCUT2D eigenvalue weighted by Crippen LogP contribution is 2.16. The fraction of sp³-hybridized carbons (Fsp3) is 0. The summed E-state index contributed by atoms with van der Waals surface area (Å²) in [5, 5.41) is 15.8. The molecular weight excluding hydrogens is 340 g/mol. The Balaban J connectivity index is 1.92. The van der Waals surface area contributed by atoms with E-state index in [2.05, 4.69) is 15.5 Å². The lowest BCUT2D eigenvalue weighted by Gasteiger charge is -2.08. The van der Waals surface area contributed by atoms with Crippen molar-refractivity contribution in [1.82, 2.24) is 4.98 Å². The molecule has 1 heterocycles. The molecule has 1 N–H and O–H groups in total. The Kier molecular flexibility index (Phi) is 5.01. The van der Waals surface area contributed by atoms with Crippen molar-refractivity contribution >= 4 is 28.8 Å². The molecule has 2 aromatic carbocycles. The van der Waals surface area contributed by atoms with E-state index in [4.69, 9.17) is 11.6 Å². The first kappa shape index (κ1) is 16.6. The Labute approximate surface area is 149 Å². The lowest BCUT2D eigenvalue weighted by atomic mass is 10.0. The van der Waals surface area contributed by atoms with Crippen molar-refractivity contribution in [2.45, 2.75) is 0 Å². The molecule has 0 aliphatic carbocycles. The molecule has 6 nitrogen and oxygen atoms in total. The van der Waals surface area contributed by atoms with Crippen molar-refractivity contribution < 1.29 is 4.92 Å². The Hall–Kier alpha value is -3.25. The van der Waals surface area contributed by atoms with Gasteiger partial charge in [0.2, 0.25) is 0 Å². The predicted molar refractivity (Wildman–Crippen MR) is 98.0 cm³/mol. The third-order valence-corrected chi connectivity index (χ3v) is 3.66. The number of hydrogen-bond acceptors (Lipinski definition) is 5. The van der Waals surface area contributed by atoms with Gasteiger partial charge >= 0.3 is 0 Å². The average molecular weight is 353 g/mol. The molecule has 0 fully saturated rings. The van der Waals surface area contributed by atoms with Gasteiger partial charge < -0.3 is 0 Å². The van der Waals surface area contributed by atoms with E-state index in [0.717, 1.165) is 11.1 Å². The number of hydrogen-bond donors (Lipinski definition) is 1. The number of anilines is 1. The summed E-state index contributed by atoms with van der Waals surface area (Å²) in [5.74, 6) is 0.410. The van der Waals surface area contributed by atoms with Crippen LogP contribution in [0.3, 0.4) is 0 Å². The second-order valence-electron chi connectivity index (χ2n) is 5.10. The smallest absolute Gasteiger partial charge is 0.261 e. The summed E-state index contributed by atoms with van der Waals surface area (Å²) >= 11 is 5.96. The zero-order valence-electron chi connectivity index (χ0n) is 13.0. The molecule has 124 valence electrons. The largest absolute Gasteiger partial charge is 0.287 e. The highest BCUT2D eigenvalue weighted by atomic mass is 35.5. The summed E-state index contributed by atoms with van der Waals surface area (Å²) in [4.78, 5) is 14.2. The van der Waals surface area contributed by atoms with E-state index in [9.17, 15) is 10.1 Å². The number of nitrogens with zero attached hydrogens (tertiary/aromatic N) is 3. The molecule has 0 spiro atoms. The zero-order chi connectivity index (χ0) is 17.6. The van der Waals surface area contributed by atoms with E-state index in [1.165, 1.54) is 18.3 Å². The molecule has 0 aliphatic rings. The highest BCUT2D eigenvalue weighted by Gasteiger charge is 2.08. The number of benzene rings is 2. The van der Waals surface area contributed by atoms with E-state index in [1.807, 2.05) is 42.5 Å². The predicted octanol–water partition coefficient (Wildman–Crippen LogP) is 4.51. The Bertz CT molecular complexity index is 895. The van der Waals surface area contributed by atoms with E-state index < -0.39 is 4.92 Å². The molecule has 0 amide bonds. The van der Waals surface area contributed by atoms with Gasteiger partial charge in [-0.05, 0) is 18.2 Å².